The second-order valence-electron chi connectivity index (χ2n) is 4.88. The van der Waals surface area contributed by atoms with E-state index in [4.69, 9.17) is 0 Å². The Hall–Kier alpha value is -0.830. The molecular weight excluding hydrogens is 186 g/mol. The first-order valence-corrected chi connectivity index (χ1v) is 6.18. The summed E-state index contributed by atoms with van der Waals surface area (Å²) in [7, 11) is 0. The average Bonchev–Trinajstić information content (AvgIpc) is 3.02. The molecule has 0 amide bonds. The highest BCUT2D eigenvalue weighted by Crippen LogP contribution is 2.34. The fourth-order valence-corrected chi connectivity index (χ4v) is 2.89. The SMILES string of the molecule is c1nn(C2CCNC2)cc1C1CCCC1. The lowest BCUT2D eigenvalue weighted by Crippen LogP contribution is -2.13. The Balaban J connectivity index is 1.74. The quantitative estimate of drug-likeness (QED) is 0.801. The van der Waals surface area contributed by atoms with Gasteiger partial charge in [0.2, 0.25) is 0 Å². The van der Waals surface area contributed by atoms with Crippen molar-refractivity contribution in [2.45, 2.75) is 44.1 Å². The molecular formula is C12H19N3. The lowest BCUT2D eigenvalue weighted by molar-refractivity contribution is 0.490. The van der Waals surface area contributed by atoms with Gasteiger partial charge in [-0.3, -0.25) is 4.68 Å². The van der Waals surface area contributed by atoms with Gasteiger partial charge in [-0.1, -0.05) is 12.8 Å². The molecule has 0 bridgehead atoms. The number of nitrogens with one attached hydrogen (secondary N) is 1. The first kappa shape index (κ1) is 9.40. The Bertz CT molecular complexity index is 289. The number of rotatable bonds is 2. The fraction of sp³-hybridized carbons (Fsp3) is 0.750. The van der Waals surface area contributed by atoms with Crippen molar-refractivity contribution in [1.82, 2.24) is 15.1 Å². The van der Waals surface area contributed by atoms with Crippen molar-refractivity contribution in [2.75, 3.05) is 13.1 Å². The predicted octanol–water partition coefficient (Wildman–Crippen LogP) is 2.08. The third kappa shape index (κ3) is 1.81. The summed E-state index contributed by atoms with van der Waals surface area (Å²) in [6.07, 6.45) is 11.2. The van der Waals surface area contributed by atoms with Gasteiger partial charge < -0.3 is 5.32 Å². The van der Waals surface area contributed by atoms with Crippen LogP contribution in [0.5, 0.6) is 0 Å². The van der Waals surface area contributed by atoms with Gasteiger partial charge in [0.25, 0.3) is 0 Å². The lowest BCUT2D eigenvalue weighted by atomic mass is 10.0. The van der Waals surface area contributed by atoms with Crippen molar-refractivity contribution in [2.24, 2.45) is 0 Å². The summed E-state index contributed by atoms with van der Waals surface area (Å²) in [4.78, 5) is 0. The van der Waals surface area contributed by atoms with Gasteiger partial charge in [-0.15, -0.1) is 0 Å². The van der Waals surface area contributed by atoms with Crippen LogP contribution in [0.3, 0.4) is 0 Å². The highest BCUT2D eigenvalue weighted by atomic mass is 15.3. The van der Waals surface area contributed by atoms with E-state index in [0.717, 1.165) is 19.0 Å². The van der Waals surface area contributed by atoms with Crippen LogP contribution in [0.1, 0.15) is 49.6 Å². The van der Waals surface area contributed by atoms with E-state index in [1.165, 1.54) is 37.7 Å². The van der Waals surface area contributed by atoms with Gasteiger partial charge in [0, 0.05) is 12.7 Å². The maximum Gasteiger partial charge on any atom is 0.0655 e. The predicted molar refractivity (Wildman–Crippen MR) is 60.0 cm³/mol. The normalized spacial score (nSPS) is 27.6. The zero-order valence-electron chi connectivity index (χ0n) is 9.15. The molecule has 0 spiro atoms. The molecule has 3 nitrogen and oxygen atoms in total. The summed E-state index contributed by atoms with van der Waals surface area (Å²) >= 11 is 0. The maximum atomic E-state index is 4.52. The molecule has 82 valence electrons. The van der Waals surface area contributed by atoms with E-state index in [9.17, 15) is 0 Å². The van der Waals surface area contributed by atoms with Gasteiger partial charge in [-0.25, -0.2) is 0 Å². The molecule has 3 heteroatoms. The van der Waals surface area contributed by atoms with E-state index in [-0.39, 0.29) is 0 Å². The molecule has 0 aromatic carbocycles. The molecule has 1 unspecified atom stereocenters. The van der Waals surface area contributed by atoms with Gasteiger partial charge >= 0.3 is 0 Å². The maximum absolute atomic E-state index is 4.52. The average molecular weight is 205 g/mol. The van der Waals surface area contributed by atoms with E-state index in [1.54, 1.807) is 0 Å². The highest BCUT2D eigenvalue weighted by Gasteiger charge is 2.21. The zero-order chi connectivity index (χ0) is 10.1. The van der Waals surface area contributed by atoms with Crippen LogP contribution in [0.15, 0.2) is 12.4 Å². The second-order valence-corrected chi connectivity index (χ2v) is 4.88. The minimum absolute atomic E-state index is 0.597. The van der Waals surface area contributed by atoms with Crippen molar-refractivity contribution < 1.29 is 0 Å². The smallest absolute Gasteiger partial charge is 0.0655 e. The first-order chi connectivity index (χ1) is 7.43. The minimum Gasteiger partial charge on any atom is -0.315 e. The van der Waals surface area contributed by atoms with E-state index < -0.39 is 0 Å². The standard InChI is InChI=1S/C12H19N3/c1-2-4-10(3-1)11-7-14-15(9-11)12-5-6-13-8-12/h7,9-10,12-13H,1-6,8H2. The van der Waals surface area contributed by atoms with Crippen molar-refractivity contribution in [3.63, 3.8) is 0 Å². The number of hydrogen-bond acceptors (Lipinski definition) is 2. The molecule has 1 aromatic heterocycles. The monoisotopic (exact) mass is 205 g/mol. The van der Waals surface area contributed by atoms with E-state index in [2.05, 4.69) is 27.5 Å². The Morgan fingerprint density at radius 1 is 1.27 bits per heavy atom. The van der Waals surface area contributed by atoms with Crippen LogP contribution in [0.25, 0.3) is 0 Å². The number of hydrogen-bond donors (Lipinski definition) is 1. The summed E-state index contributed by atoms with van der Waals surface area (Å²) in [5, 5.41) is 7.91. The molecule has 1 saturated heterocycles. The van der Waals surface area contributed by atoms with E-state index in [0.29, 0.717) is 6.04 Å². The molecule has 2 fully saturated rings. The summed E-state index contributed by atoms with van der Waals surface area (Å²) < 4.78 is 2.17. The first-order valence-electron chi connectivity index (χ1n) is 6.18. The molecule has 1 aromatic rings. The summed E-state index contributed by atoms with van der Waals surface area (Å²) in [6.45, 7) is 2.23. The van der Waals surface area contributed by atoms with Crippen LogP contribution >= 0.6 is 0 Å². The van der Waals surface area contributed by atoms with Crippen LogP contribution < -0.4 is 5.32 Å². The topological polar surface area (TPSA) is 29.9 Å². The second kappa shape index (κ2) is 3.97. The van der Waals surface area contributed by atoms with Gasteiger partial charge in [0.15, 0.2) is 0 Å². The van der Waals surface area contributed by atoms with Crippen molar-refractivity contribution in [1.29, 1.82) is 0 Å². The van der Waals surface area contributed by atoms with Crippen molar-refractivity contribution in [3.05, 3.63) is 18.0 Å². The zero-order valence-corrected chi connectivity index (χ0v) is 9.15. The molecule has 2 heterocycles. The van der Waals surface area contributed by atoms with Crippen LogP contribution in [0, 0.1) is 0 Å². The summed E-state index contributed by atoms with van der Waals surface area (Å²) in [5.41, 5.74) is 1.47. The Kier molecular flexibility index (Phi) is 2.49. The molecule has 2 aliphatic rings. The third-order valence-electron chi connectivity index (χ3n) is 3.86. The van der Waals surface area contributed by atoms with Crippen LogP contribution in [0.2, 0.25) is 0 Å². The fourth-order valence-electron chi connectivity index (χ4n) is 2.89. The molecule has 1 saturated carbocycles. The highest BCUT2D eigenvalue weighted by molar-refractivity contribution is 5.13. The van der Waals surface area contributed by atoms with Gasteiger partial charge in [-0.05, 0) is 37.3 Å². The van der Waals surface area contributed by atoms with E-state index >= 15 is 0 Å². The van der Waals surface area contributed by atoms with E-state index in [1.807, 2.05) is 0 Å². The molecule has 1 aliphatic heterocycles. The van der Waals surface area contributed by atoms with Gasteiger partial charge in [0.1, 0.15) is 0 Å². The Morgan fingerprint density at radius 2 is 2.13 bits per heavy atom. The molecule has 1 aliphatic carbocycles. The summed E-state index contributed by atoms with van der Waals surface area (Å²) in [6, 6.07) is 0.597. The summed E-state index contributed by atoms with van der Waals surface area (Å²) in [5.74, 6) is 0.799. The van der Waals surface area contributed by atoms with Gasteiger partial charge in [0.05, 0.1) is 12.2 Å². The molecule has 1 N–H and O–H groups in total. The number of aromatic nitrogens is 2. The van der Waals surface area contributed by atoms with Crippen LogP contribution in [-0.2, 0) is 0 Å². The molecule has 1 atom stereocenters. The molecule has 15 heavy (non-hydrogen) atoms. The van der Waals surface area contributed by atoms with Crippen molar-refractivity contribution in [3.8, 4) is 0 Å². The molecule has 0 radical (unpaired) electrons. The Labute approximate surface area is 90.9 Å². The minimum atomic E-state index is 0.597. The Morgan fingerprint density at radius 3 is 2.87 bits per heavy atom. The molecule has 3 rings (SSSR count). The largest absolute Gasteiger partial charge is 0.315 e. The van der Waals surface area contributed by atoms with Crippen molar-refractivity contribution >= 4 is 0 Å². The van der Waals surface area contributed by atoms with Crippen LogP contribution in [0.4, 0.5) is 0 Å². The van der Waals surface area contributed by atoms with Gasteiger partial charge in [-0.2, -0.15) is 5.10 Å². The number of nitrogens with zero attached hydrogens (tertiary/aromatic N) is 2. The third-order valence-corrected chi connectivity index (χ3v) is 3.86. The van der Waals surface area contributed by atoms with Crippen LogP contribution in [-0.4, -0.2) is 22.9 Å². The lowest BCUT2D eigenvalue weighted by Gasteiger charge is -2.08.